The SMILES string of the molecule is CC(Cl)C(=O)N1CCCC1C(=O)NC1CC1. The second-order valence-corrected chi connectivity index (χ2v) is 5.24. The van der Waals surface area contributed by atoms with E-state index in [0.717, 1.165) is 25.7 Å². The molecule has 0 bridgehead atoms. The molecule has 0 aromatic carbocycles. The van der Waals surface area contributed by atoms with Crippen molar-refractivity contribution < 1.29 is 9.59 Å². The lowest BCUT2D eigenvalue weighted by Gasteiger charge is -2.24. The predicted octanol–water partition coefficient (Wildman–Crippen LogP) is 0.883. The second kappa shape index (κ2) is 4.62. The maximum absolute atomic E-state index is 11.9. The summed E-state index contributed by atoms with van der Waals surface area (Å²) < 4.78 is 0. The van der Waals surface area contributed by atoms with E-state index in [1.165, 1.54) is 0 Å². The van der Waals surface area contributed by atoms with Gasteiger partial charge in [0.25, 0.3) is 0 Å². The third kappa shape index (κ3) is 2.48. The minimum atomic E-state index is -0.547. The highest BCUT2D eigenvalue weighted by atomic mass is 35.5. The van der Waals surface area contributed by atoms with E-state index in [-0.39, 0.29) is 17.9 Å². The zero-order valence-corrected chi connectivity index (χ0v) is 10.2. The third-order valence-corrected chi connectivity index (χ3v) is 3.29. The topological polar surface area (TPSA) is 49.4 Å². The van der Waals surface area contributed by atoms with Crippen LogP contribution in [0.4, 0.5) is 0 Å². The smallest absolute Gasteiger partial charge is 0.243 e. The molecular formula is C11H17ClN2O2. The summed E-state index contributed by atoms with van der Waals surface area (Å²) in [6, 6.07) is 0.0489. The Balaban J connectivity index is 1.96. The Bertz CT molecular complexity index is 302. The van der Waals surface area contributed by atoms with Crippen LogP contribution in [-0.4, -0.2) is 40.7 Å². The van der Waals surface area contributed by atoms with E-state index < -0.39 is 5.38 Å². The maximum Gasteiger partial charge on any atom is 0.243 e. The number of nitrogens with zero attached hydrogens (tertiary/aromatic N) is 1. The molecule has 0 spiro atoms. The molecule has 90 valence electrons. The van der Waals surface area contributed by atoms with Crippen LogP contribution in [0, 0.1) is 0 Å². The monoisotopic (exact) mass is 244 g/mol. The summed E-state index contributed by atoms with van der Waals surface area (Å²) in [5, 5.41) is 2.40. The van der Waals surface area contributed by atoms with Gasteiger partial charge in [-0.15, -0.1) is 11.6 Å². The average molecular weight is 245 g/mol. The summed E-state index contributed by atoms with van der Waals surface area (Å²) in [5.74, 6) is -0.138. The third-order valence-electron chi connectivity index (χ3n) is 3.10. The Morgan fingerprint density at radius 2 is 2.06 bits per heavy atom. The van der Waals surface area contributed by atoms with Crippen molar-refractivity contribution in [3.63, 3.8) is 0 Å². The van der Waals surface area contributed by atoms with Gasteiger partial charge >= 0.3 is 0 Å². The molecule has 1 heterocycles. The number of alkyl halides is 1. The Morgan fingerprint density at radius 3 is 2.62 bits per heavy atom. The highest BCUT2D eigenvalue weighted by Gasteiger charge is 2.37. The highest BCUT2D eigenvalue weighted by Crippen LogP contribution is 2.23. The van der Waals surface area contributed by atoms with Gasteiger partial charge < -0.3 is 10.2 Å². The van der Waals surface area contributed by atoms with Gasteiger partial charge in [0.05, 0.1) is 0 Å². The summed E-state index contributed by atoms with van der Waals surface area (Å²) in [6.07, 6.45) is 3.78. The lowest BCUT2D eigenvalue weighted by atomic mass is 10.2. The van der Waals surface area contributed by atoms with E-state index in [0.29, 0.717) is 12.6 Å². The lowest BCUT2D eigenvalue weighted by Crippen LogP contribution is -2.48. The maximum atomic E-state index is 11.9. The molecule has 1 aliphatic carbocycles. The Hall–Kier alpha value is -0.770. The van der Waals surface area contributed by atoms with Crippen LogP contribution in [0.1, 0.15) is 32.6 Å². The molecule has 2 atom stereocenters. The fraction of sp³-hybridized carbons (Fsp3) is 0.818. The Kier molecular flexibility index (Phi) is 3.38. The molecule has 2 amide bonds. The van der Waals surface area contributed by atoms with Crippen molar-refractivity contribution in [2.45, 2.75) is 50.1 Å². The van der Waals surface area contributed by atoms with Gasteiger partial charge in [0.2, 0.25) is 11.8 Å². The van der Waals surface area contributed by atoms with Crippen LogP contribution < -0.4 is 5.32 Å². The van der Waals surface area contributed by atoms with E-state index in [4.69, 9.17) is 11.6 Å². The fourth-order valence-electron chi connectivity index (χ4n) is 2.06. The molecule has 2 aliphatic rings. The second-order valence-electron chi connectivity index (χ2n) is 4.59. The van der Waals surface area contributed by atoms with E-state index in [1.807, 2.05) is 0 Å². The van der Waals surface area contributed by atoms with E-state index in [9.17, 15) is 9.59 Å². The molecule has 16 heavy (non-hydrogen) atoms. The molecule has 2 fully saturated rings. The highest BCUT2D eigenvalue weighted by molar-refractivity contribution is 6.30. The quantitative estimate of drug-likeness (QED) is 0.750. The molecule has 1 N–H and O–H groups in total. The first kappa shape index (κ1) is 11.7. The molecule has 0 aromatic rings. The van der Waals surface area contributed by atoms with Crippen molar-refractivity contribution in [1.82, 2.24) is 10.2 Å². The molecule has 1 saturated heterocycles. The normalized spacial score (nSPS) is 26.6. The number of amides is 2. The van der Waals surface area contributed by atoms with Crippen LogP contribution in [0.15, 0.2) is 0 Å². The lowest BCUT2D eigenvalue weighted by molar-refractivity contribution is -0.138. The van der Waals surface area contributed by atoms with Crippen LogP contribution in [0.5, 0.6) is 0 Å². The van der Waals surface area contributed by atoms with Crippen LogP contribution in [0.3, 0.4) is 0 Å². The van der Waals surface area contributed by atoms with Gasteiger partial charge in [-0.05, 0) is 32.6 Å². The van der Waals surface area contributed by atoms with E-state index >= 15 is 0 Å². The minimum Gasteiger partial charge on any atom is -0.352 e. The summed E-state index contributed by atoms with van der Waals surface area (Å²) in [5.41, 5.74) is 0. The van der Waals surface area contributed by atoms with Gasteiger partial charge in [-0.2, -0.15) is 0 Å². The first-order valence-electron chi connectivity index (χ1n) is 5.84. The van der Waals surface area contributed by atoms with Gasteiger partial charge in [0.15, 0.2) is 0 Å². The largest absolute Gasteiger partial charge is 0.352 e. The fourth-order valence-corrected chi connectivity index (χ4v) is 2.18. The van der Waals surface area contributed by atoms with Crippen LogP contribution in [-0.2, 0) is 9.59 Å². The first-order valence-corrected chi connectivity index (χ1v) is 6.28. The first-order chi connectivity index (χ1) is 7.59. The van der Waals surface area contributed by atoms with Gasteiger partial charge in [-0.1, -0.05) is 0 Å². The molecule has 1 saturated carbocycles. The summed E-state index contributed by atoms with van der Waals surface area (Å²) in [6.45, 7) is 2.30. The van der Waals surface area contributed by atoms with Crippen molar-refractivity contribution in [3.8, 4) is 0 Å². The molecule has 2 rings (SSSR count). The van der Waals surface area contributed by atoms with Gasteiger partial charge in [0.1, 0.15) is 11.4 Å². The molecule has 4 nitrogen and oxygen atoms in total. The molecule has 0 radical (unpaired) electrons. The molecule has 0 aromatic heterocycles. The molecule has 5 heteroatoms. The number of rotatable bonds is 3. The van der Waals surface area contributed by atoms with Gasteiger partial charge in [0, 0.05) is 12.6 Å². The zero-order valence-electron chi connectivity index (χ0n) is 9.41. The van der Waals surface area contributed by atoms with Crippen molar-refractivity contribution in [1.29, 1.82) is 0 Å². The zero-order chi connectivity index (χ0) is 11.7. The summed E-state index contributed by atoms with van der Waals surface area (Å²) in [7, 11) is 0. The number of halogens is 1. The van der Waals surface area contributed by atoms with E-state index in [1.54, 1.807) is 11.8 Å². The van der Waals surface area contributed by atoms with Crippen molar-refractivity contribution in [2.75, 3.05) is 6.54 Å². The average Bonchev–Trinajstić information content (AvgIpc) is 2.91. The summed E-state index contributed by atoms with van der Waals surface area (Å²) >= 11 is 5.77. The number of carbonyl (C=O) groups is 2. The van der Waals surface area contributed by atoms with Gasteiger partial charge in [-0.25, -0.2) is 0 Å². The van der Waals surface area contributed by atoms with Crippen LogP contribution >= 0.6 is 11.6 Å². The van der Waals surface area contributed by atoms with E-state index in [2.05, 4.69) is 5.32 Å². The standard InChI is InChI=1S/C11H17ClN2O2/c1-7(12)11(16)14-6-2-3-9(14)10(15)13-8-4-5-8/h7-9H,2-6H2,1H3,(H,13,15). The number of hydrogen-bond donors (Lipinski definition) is 1. The number of hydrogen-bond acceptors (Lipinski definition) is 2. The Morgan fingerprint density at radius 1 is 1.38 bits per heavy atom. The molecule has 1 aliphatic heterocycles. The van der Waals surface area contributed by atoms with Crippen molar-refractivity contribution in [2.24, 2.45) is 0 Å². The van der Waals surface area contributed by atoms with Gasteiger partial charge in [-0.3, -0.25) is 9.59 Å². The van der Waals surface area contributed by atoms with Crippen LogP contribution in [0.2, 0.25) is 0 Å². The molecular weight excluding hydrogens is 228 g/mol. The molecule has 2 unspecified atom stereocenters. The number of nitrogens with one attached hydrogen (secondary N) is 1. The Labute approximate surface area is 100 Å². The number of likely N-dealkylation sites (tertiary alicyclic amines) is 1. The predicted molar refractivity (Wildman–Crippen MR) is 61.2 cm³/mol. The summed E-state index contributed by atoms with van der Waals surface area (Å²) in [4.78, 5) is 25.3. The van der Waals surface area contributed by atoms with Crippen LogP contribution in [0.25, 0.3) is 0 Å². The van der Waals surface area contributed by atoms with Crippen molar-refractivity contribution >= 4 is 23.4 Å². The number of carbonyl (C=O) groups excluding carboxylic acids is 2. The minimum absolute atomic E-state index is 0.00864. The van der Waals surface area contributed by atoms with Crippen molar-refractivity contribution in [3.05, 3.63) is 0 Å².